The minimum atomic E-state index is -0.278. The van der Waals surface area contributed by atoms with Gasteiger partial charge in [0.15, 0.2) is 0 Å². The summed E-state index contributed by atoms with van der Waals surface area (Å²) in [7, 11) is 0. The quantitative estimate of drug-likeness (QED) is 0.211. The van der Waals surface area contributed by atoms with Crippen molar-refractivity contribution in [3.8, 4) is 0 Å². The molecule has 1 N–H and O–H groups in total. The molecule has 0 amide bonds. The smallest absolute Gasteiger partial charge is 0.0634 e. The fourth-order valence-corrected chi connectivity index (χ4v) is 5.72. The van der Waals surface area contributed by atoms with Gasteiger partial charge in [-0.3, -0.25) is 0 Å². The lowest BCUT2D eigenvalue weighted by Crippen LogP contribution is -2.34. The van der Waals surface area contributed by atoms with Gasteiger partial charge in [-0.25, -0.2) is 0 Å². The van der Waals surface area contributed by atoms with E-state index in [0.29, 0.717) is 11.3 Å². The number of rotatable bonds is 10. The van der Waals surface area contributed by atoms with Gasteiger partial charge in [0, 0.05) is 11.3 Å². The Labute approximate surface area is 252 Å². The molecule has 0 heterocycles. The lowest BCUT2D eigenvalue weighted by atomic mass is 9.68. The Kier molecular flexibility index (Phi) is 13.3. The van der Waals surface area contributed by atoms with Crippen LogP contribution >= 0.6 is 0 Å². The molecule has 1 heteroatoms. The van der Waals surface area contributed by atoms with Gasteiger partial charge in [-0.15, -0.1) is 0 Å². The summed E-state index contributed by atoms with van der Waals surface area (Å²) in [5, 5.41) is 10.4. The molecule has 2 unspecified atom stereocenters. The van der Waals surface area contributed by atoms with Crippen LogP contribution in [0.3, 0.4) is 0 Å². The molecule has 0 radical (unpaired) electrons. The second kappa shape index (κ2) is 15.9. The molecule has 0 spiro atoms. The van der Waals surface area contributed by atoms with Crippen molar-refractivity contribution < 1.29 is 5.11 Å². The third-order valence-corrected chi connectivity index (χ3v) is 8.70. The molecule has 0 aromatic carbocycles. The third kappa shape index (κ3) is 11.1. The first kappa shape index (κ1) is 34.3. The summed E-state index contributed by atoms with van der Waals surface area (Å²) < 4.78 is 0. The second-order valence-corrected chi connectivity index (χ2v) is 13.4. The largest absolute Gasteiger partial charge is 0.392 e. The van der Waals surface area contributed by atoms with Gasteiger partial charge in [0.2, 0.25) is 0 Å². The topological polar surface area (TPSA) is 20.2 Å². The van der Waals surface area contributed by atoms with Crippen molar-refractivity contribution in [3.63, 3.8) is 0 Å². The van der Waals surface area contributed by atoms with Crippen LogP contribution in [0.2, 0.25) is 0 Å². The van der Waals surface area contributed by atoms with Gasteiger partial charge in [0.1, 0.15) is 0 Å². The molecule has 0 aromatic heterocycles. The van der Waals surface area contributed by atoms with Crippen molar-refractivity contribution in [1.29, 1.82) is 0 Å². The van der Waals surface area contributed by atoms with Crippen molar-refractivity contribution in [2.24, 2.45) is 16.7 Å². The maximum absolute atomic E-state index is 10.4. The molecular formula is C40H56O. The molecule has 2 aliphatic rings. The molecular weight excluding hydrogens is 496 g/mol. The lowest BCUT2D eigenvalue weighted by molar-refractivity contribution is 0.0607. The summed E-state index contributed by atoms with van der Waals surface area (Å²) >= 11 is 0. The van der Waals surface area contributed by atoms with E-state index in [-0.39, 0.29) is 11.5 Å². The van der Waals surface area contributed by atoms with Crippen LogP contribution in [0.5, 0.6) is 0 Å². The zero-order valence-electron chi connectivity index (χ0n) is 27.6. The molecule has 0 fully saturated rings. The van der Waals surface area contributed by atoms with Crippen LogP contribution in [0, 0.1) is 16.7 Å². The average molecular weight is 553 g/mol. The van der Waals surface area contributed by atoms with Crippen molar-refractivity contribution in [2.45, 2.75) is 101 Å². The molecule has 2 atom stereocenters. The molecule has 1 nitrogen and oxygen atoms in total. The predicted octanol–water partition coefficient (Wildman–Crippen LogP) is 11.4. The normalized spacial score (nSPS) is 25.1. The SMILES string of the molecule is CC(C=CC=C(C)C=CC1=C(C)CCC(O)C1(C)C)=CC=CC=C(C)C=CC=C(C)C=CC1C(C)=CCCC1(C)C. The molecule has 41 heavy (non-hydrogen) atoms. The molecule has 0 aliphatic heterocycles. The van der Waals surface area contributed by atoms with Crippen LogP contribution in [0.15, 0.2) is 130 Å². The maximum Gasteiger partial charge on any atom is 0.0634 e. The standard InChI is InChI=1S/C40H56O/c1-30(18-13-20-32(3)23-26-36-34(5)22-15-29-39(36,7)8)16-11-12-17-31(2)19-14-21-33(4)24-27-37-35(6)25-28-38(41)40(37,9)10/h11-14,16-24,26-27,36,38,41H,15,25,28-29H2,1-10H3. The van der Waals surface area contributed by atoms with Gasteiger partial charge in [-0.2, -0.15) is 0 Å². The fraction of sp³-hybridized carbons (Fsp3) is 0.450. The van der Waals surface area contributed by atoms with Crippen molar-refractivity contribution in [2.75, 3.05) is 0 Å². The maximum atomic E-state index is 10.4. The van der Waals surface area contributed by atoms with E-state index in [0.717, 1.165) is 12.8 Å². The van der Waals surface area contributed by atoms with Crippen LogP contribution in [0.1, 0.15) is 94.9 Å². The van der Waals surface area contributed by atoms with E-state index < -0.39 is 0 Å². The summed E-state index contributed by atoms with van der Waals surface area (Å²) in [5.74, 6) is 0.524. The van der Waals surface area contributed by atoms with Crippen molar-refractivity contribution >= 4 is 0 Å². The van der Waals surface area contributed by atoms with Crippen LogP contribution in [0.4, 0.5) is 0 Å². The Morgan fingerprint density at radius 3 is 1.83 bits per heavy atom. The van der Waals surface area contributed by atoms with Crippen LogP contribution < -0.4 is 0 Å². The minimum Gasteiger partial charge on any atom is -0.392 e. The highest BCUT2D eigenvalue weighted by Gasteiger charge is 2.35. The Bertz CT molecular complexity index is 1240. The van der Waals surface area contributed by atoms with Crippen LogP contribution in [0.25, 0.3) is 0 Å². The number of aliphatic hydroxyl groups is 1. The number of hydrogen-bond donors (Lipinski definition) is 1. The first-order chi connectivity index (χ1) is 19.2. The summed E-state index contributed by atoms with van der Waals surface area (Å²) in [6.07, 6.45) is 36.7. The number of allylic oxidation sites excluding steroid dienone is 21. The highest BCUT2D eigenvalue weighted by atomic mass is 16.3. The zero-order valence-corrected chi connectivity index (χ0v) is 27.6. The van der Waals surface area contributed by atoms with Crippen molar-refractivity contribution in [3.05, 3.63) is 130 Å². The first-order valence-electron chi connectivity index (χ1n) is 15.4. The summed E-state index contributed by atoms with van der Waals surface area (Å²) in [6.45, 7) is 22.0. The highest BCUT2D eigenvalue weighted by Crippen LogP contribution is 2.42. The van der Waals surface area contributed by atoms with Gasteiger partial charge >= 0.3 is 0 Å². The Balaban J connectivity index is 1.89. The van der Waals surface area contributed by atoms with Gasteiger partial charge in [-0.05, 0) is 78.2 Å². The second-order valence-electron chi connectivity index (χ2n) is 13.4. The molecule has 0 aromatic rings. The monoisotopic (exact) mass is 552 g/mol. The van der Waals surface area contributed by atoms with E-state index in [1.165, 1.54) is 51.9 Å². The molecule has 2 rings (SSSR count). The molecule has 2 aliphatic carbocycles. The predicted molar refractivity (Wildman–Crippen MR) is 183 cm³/mol. The Morgan fingerprint density at radius 2 is 1.27 bits per heavy atom. The summed E-state index contributed by atoms with van der Waals surface area (Å²) in [4.78, 5) is 0. The van der Waals surface area contributed by atoms with Crippen LogP contribution in [-0.2, 0) is 0 Å². The molecule has 0 bridgehead atoms. The fourth-order valence-electron chi connectivity index (χ4n) is 5.72. The van der Waals surface area contributed by atoms with E-state index in [4.69, 9.17) is 0 Å². The number of aliphatic hydroxyl groups excluding tert-OH is 1. The van der Waals surface area contributed by atoms with E-state index in [2.05, 4.69) is 160 Å². The molecule has 222 valence electrons. The number of hydrogen-bond acceptors (Lipinski definition) is 1. The van der Waals surface area contributed by atoms with Crippen LogP contribution in [-0.4, -0.2) is 11.2 Å². The first-order valence-corrected chi connectivity index (χ1v) is 15.4. The van der Waals surface area contributed by atoms with Gasteiger partial charge in [-0.1, -0.05) is 152 Å². The lowest BCUT2D eigenvalue weighted by Gasteiger charge is -2.37. The summed E-state index contributed by atoms with van der Waals surface area (Å²) in [5.41, 5.74) is 9.16. The minimum absolute atomic E-state index is 0.195. The Morgan fingerprint density at radius 1 is 0.756 bits per heavy atom. The van der Waals surface area contributed by atoms with E-state index in [1.807, 2.05) is 0 Å². The average Bonchev–Trinajstić information content (AvgIpc) is 2.88. The van der Waals surface area contributed by atoms with Gasteiger partial charge in [0.05, 0.1) is 6.10 Å². The van der Waals surface area contributed by atoms with Crippen molar-refractivity contribution in [1.82, 2.24) is 0 Å². The molecule has 0 saturated heterocycles. The third-order valence-electron chi connectivity index (χ3n) is 8.70. The van der Waals surface area contributed by atoms with E-state index in [1.54, 1.807) is 0 Å². The van der Waals surface area contributed by atoms with Gasteiger partial charge < -0.3 is 5.11 Å². The van der Waals surface area contributed by atoms with Gasteiger partial charge in [0.25, 0.3) is 0 Å². The summed E-state index contributed by atoms with van der Waals surface area (Å²) in [6, 6.07) is 0. The zero-order chi connectivity index (χ0) is 30.6. The van der Waals surface area contributed by atoms with E-state index >= 15 is 0 Å². The highest BCUT2D eigenvalue weighted by molar-refractivity contribution is 5.38. The Hall–Kier alpha value is -2.90. The molecule has 0 saturated carbocycles. The van der Waals surface area contributed by atoms with E-state index in [9.17, 15) is 5.11 Å².